The minimum absolute atomic E-state index is 0. The van der Waals surface area contributed by atoms with Gasteiger partial charge in [0, 0.05) is 17.8 Å². The number of hydrogen-bond donors (Lipinski definition) is 2. The highest BCUT2D eigenvalue weighted by molar-refractivity contribution is 5.93. The summed E-state index contributed by atoms with van der Waals surface area (Å²) in [5.41, 5.74) is 0.614. The third-order valence-corrected chi connectivity index (χ3v) is 3.36. The van der Waals surface area contributed by atoms with Crippen molar-refractivity contribution >= 4 is 24.0 Å². The Morgan fingerprint density at radius 3 is 2.18 bits per heavy atom. The van der Waals surface area contributed by atoms with Crippen LogP contribution in [0.15, 0.2) is 12.1 Å². The second-order valence-corrected chi connectivity index (χ2v) is 5.04. The summed E-state index contributed by atoms with van der Waals surface area (Å²) in [5, 5.41) is 5.97. The Labute approximate surface area is 136 Å². The van der Waals surface area contributed by atoms with Crippen LogP contribution in [0.2, 0.25) is 0 Å². The van der Waals surface area contributed by atoms with E-state index in [2.05, 4.69) is 10.6 Å². The molecule has 2 N–H and O–H groups in total. The van der Waals surface area contributed by atoms with E-state index in [0.29, 0.717) is 29.5 Å². The van der Waals surface area contributed by atoms with E-state index < -0.39 is 0 Å². The summed E-state index contributed by atoms with van der Waals surface area (Å²) >= 11 is 0. The molecule has 124 valence electrons. The van der Waals surface area contributed by atoms with Crippen LogP contribution < -0.4 is 24.8 Å². The molecule has 0 heterocycles. The summed E-state index contributed by atoms with van der Waals surface area (Å²) in [6.07, 6.45) is 2.53. The molecule has 1 fully saturated rings. The number of hydrogen-bond acceptors (Lipinski definition) is 5. The molecule has 0 bridgehead atoms. The molecule has 2 rings (SSSR count). The fraction of sp³-hybridized carbons (Fsp3) is 0.533. The first kappa shape index (κ1) is 18.4. The first-order chi connectivity index (χ1) is 10.2. The topological polar surface area (TPSA) is 68.8 Å². The van der Waals surface area contributed by atoms with Crippen molar-refractivity contribution in [3.05, 3.63) is 12.1 Å². The van der Waals surface area contributed by atoms with Gasteiger partial charge in [0.25, 0.3) is 0 Å². The van der Waals surface area contributed by atoms with Crippen LogP contribution in [-0.4, -0.2) is 40.3 Å². The molecule has 1 aromatic carbocycles. The predicted molar refractivity (Wildman–Crippen MR) is 87.6 cm³/mol. The van der Waals surface area contributed by atoms with Gasteiger partial charge in [-0.15, -0.1) is 12.4 Å². The molecular formula is C15H23ClN2O4. The first-order valence-corrected chi connectivity index (χ1v) is 6.98. The van der Waals surface area contributed by atoms with Crippen LogP contribution >= 0.6 is 12.4 Å². The predicted octanol–water partition coefficient (Wildman–Crippen LogP) is 2.07. The highest BCUT2D eigenvalue weighted by atomic mass is 35.5. The van der Waals surface area contributed by atoms with E-state index in [9.17, 15) is 4.79 Å². The summed E-state index contributed by atoms with van der Waals surface area (Å²) in [7, 11) is 4.63. The fourth-order valence-electron chi connectivity index (χ4n) is 2.07. The molecule has 1 amide bonds. The lowest BCUT2D eigenvalue weighted by Gasteiger charge is -2.14. The van der Waals surface area contributed by atoms with Gasteiger partial charge in [-0.25, -0.2) is 0 Å². The van der Waals surface area contributed by atoms with Gasteiger partial charge < -0.3 is 24.8 Å². The van der Waals surface area contributed by atoms with E-state index in [0.717, 1.165) is 12.5 Å². The molecular weight excluding hydrogens is 308 g/mol. The third kappa shape index (κ3) is 4.96. The summed E-state index contributed by atoms with van der Waals surface area (Å²) in [4.78, 5) is 11.9. The molecule has 1 aromatic rings. The van der Waals surface area contributed by atoms with Crippen LogP contribution in [0.1, 0.15) is 12.8 Å². The van der Waals surface area contributed by atoms with Crippen molar-refractivity contribution in [2.45, 2.75) is 12.8 Å². The number of amides is 1. The SMILES string of the molecule is COc1cc(NC(=O)CNCC2CC2)cc(OC)c1OC.Cl. The average Bonchev–Trinajstić information content (AvgIpc) is 3.30. The molecule has 0 radical (unpaired) electrons. The normalized spacial score (nSPS) is 13.0. The monoisotopic (exact) mass is 330 g/mol. The second-order valence-electron chi connectivity index (χ2n) is 5.04. The number of methoxy groups -OCH3 is 3. The van der Waals surface area contributed by atoms with Crippen molar-refractivity contribution in [1.29, 1.82) is 0 Å². The Kier molecular flexibility index (Phi) is 7.27. The van der Waals surface area contributed by atoms with Gasteiger partial charge >= 0.3 is 0 Å². The molecule has 0 spiro atoms. The van der Waals surface area contributed by atoms with E-state index >= 15 is 0 Å². The van der Waals surface area contributed by atoms with E-state index in [-0.39, 0.29) is 18.3 Å². The minimum Gasteiger partial charge on any atom is -0.493 e. The molecule has 0 saturated heterocycles. The first-order valence-electron chi connectivity index (χ1n) is 6.98. The van der Waals surface area contributed by atoms with Gasteiger partial charge in [0.2, 0.25) is 11.7 Å². The number of ether oxygens (including phenoxy) is 3. The Bertz CT molecular complexity index is 481. The lowest BCUT2D eigenvalue weighted by molar-refractivity contribution is -0.115. The van der Waals surface area contributed by atoms with Crippen molar-refractivity contribution in [3.63, 3.8) is 0 Å². The summed E-state index contributed by atoms with van der Waals surface area (Å²) in [6, 6.07) is 3.42. The molecule has 1 aliphatic rings. The molecule has 1 saturated carbocycles. The second kappa shape index (κ2) is 8.70. The van der Waals surface area contributed by atoms with E-state index in [1.165, 1.54) is 12.8 Å². The van der Waals surface area contributed by atoms with Crippen LogP contribution in [0.5, 0.6) is 17.2 Å². The number of anilines is 1. The van der Waals surface area contributed by atoms with Gasteiger partial charge in [-0.1, -0.05) is 0 Å². The van der Waals surface area contributed by atoms with Crippen LogP contribution in [0.3, 0.4) is 0 Å². The van der Waals surface area contributed by atoms with Gasteiger partial charge in [0.15, 0.2) is 11.5 Å². The largest absolute Gasteiger partial charge is 0.493 e. The van der Waals surface area contributed by atoms with Crippen molar-refractivity contribution in [1.82, 2.24) is 5.32 Å². The standard InChI is InChI=1S/C15H22N2O4.ClH/c1-19-12-6-11(7-13(20-2)15(12)21-3)17-14(18)9-16-8-10-4-5-10;/h6-7,10,16H,4-5,8-9H2,1-3H3,(H,17,18);1H. The number of carbonyl (C=O) groups is 1. The van der Waals surface area contributed by atoms with Crippen molar-refractivity contribution < 1.29 is 19.0 Å². The Morgan fingerprint density at radius 2 is 1.73 bits per heavy atom. The number of nitrogens with one attached hydrogen (secondary N) is 2. The Morgan fingerprint density at radius 1 is 1.14 bits per heavy atom. The van der Waals surface area contributed by atoms with E-state index in [1.807, 2.05) is 0 Å². The maximum Gasteiger partial charge on any atom is 0.238 e. The molecule has 1 aliphatic carbocycles. The number of rotatable bonds is 8. The third-order valence-electron chi connectivity index (χ3n) is 3.36. The summed E-state index contributed by atoms with van der Waals surface area (Å²) in [5.74, 6) is 2.19. The van der Waals surface area contributed by atoms with Gasteiger partial charge in [-0.05, 0) is 25.3 Å². The lowest BCUT2D eigenvalue weighted by atomic mass is 10.2. The zero-order chi connectivity index (χ0) is 15.2. The van der Waals surface area contributed by atoms with Gasteiger partial charge in [-0.3, -0.25) is 4.79 Å². The molecule has 0 atom stereocenters. The Balaban J connectivity index is 0.00000242. The molecule has 7 heteroatoms. The maximum absolute atomic E-state index is 11.9. The van der Waals surface area contributed by atoms with Gasteiger partial charge in [0.05, 0.1) is 27.9 Å². The van der Waals surface area contributed by atoms with Crippen LogP contribution in [0.25, 0.3) is 0 Å². The van der Waals surface area contributed by atoms with Crippen LogP contribution in [0, 0.1) is 5.92 Å². The van der Waals surface area contributed by atoms with Crippen molar-refractivity contribution in [3.8, 4) is 17.2 Å². The number of halogens is 1. The van der Waals surface area contributed by atoms with Crippen LogP contribution in [-0.2, 0) is 4.79 Å². The zero-order valence-electron chi connectivity index (χ0n) is 13.1. The molecule has 22 heavy (non-hydrogen) atoms. The van der Waals surface area contributed by atoms with Gasteiger partial charge in [0.1, 0.15) is 0 Å². The molecule has 0 unspecified atom stereocenters. The van der Waals surface area contributed by atoms with Crippen molar-refractivity contribution in [2.75, 3.05) is 39.7 Å². The van der Waals surface area contributed by atoms with Crippen molar-refractivity contribution in [2.24, 2.45) is 5.92 Å². The zero-order valence-corrected chi connectivity index (χ0v) is 13.9. The molecule has 0 aliphatic heterocycles. The Hall–Kier alpha value is -1.66. The highest BCUT2D eigenvalue weighted by Gasteiger charge is 2.20. The minimum atomic E-state index is -0.0927. The van der Waals surface area contributed by atoms with E-state index in [4.69, 9.17) is 14.2 Å². The molecule has 0 aromatic heterocycles. The lowest BCUT2D eigenvalue weighted by Crippen LogP contribution is -2.29. The maximum atomic E-state index is 11.9. The quantitative estimate of drug-likeness (QED) is 0.763. The number of benzene rings is 1. The average molecular weight is 331 g/mol. The van der Waals surface area contributed by atoms with Crippen LogP contribution in [0.4, 0.5) is 5.69 Å². The summed E-state index contributed by atoms with van der Waals surface area (Å²) < 4.78 is 15.7. The van der Waals surface area contributed by atoms with Gasteiger partial charge in [-0.2, -0.15) is 0 Å². The fourth-order valence-corrected chi connectivity index (χ4v) is 2.07. The smallest absolute Gasteiger partial charge is 0.238 e. The summed E-state index contributed by atoms with van der Waals surface area (Å²) in [6.45, 7) is 1.20. The highest BCUT2D eigenvalue weighted by Crippen LogP contribution is 2.39. The van der Waals surface area contributed by atoms with E-state index in [1.54, 1.807) is 33.5 Å². The number of carbonyl (C=O) groups excluding carboxylic acids is 1. The molecule has 6 nitrogen and oxygen atoms in total.